The fraction of sp³-hybridized carbons (Fsp3) is 0.333. The maximum atomic E-state index is 13.0. The zero-order chi connectivity index (χ0) is 11.8. The quantitative estimate of drug-likeness (QED) is 0.814. The minimum absolute atomic E-state index is 0.219. The summed E-state index contributed by atoms with van der Waals surface area (Å²) in [7, 11) is 0. The normalized spacial score (nSPS) is 15.1. The van der Waals surface area contributed by atoms with Crippen molar-refractivity contribution in [2.45, 2.75) is 25.3 Å². The summed E-state index contributed by atoms with van der Waals surface area (Å²) in [6, 6.07) is 4.19. The molecule has 0 aromatic carbocycles. The molecule has 0 radical (unpaired) electrons. The van der Waals surface area contributed by atoms with E-state index in [0.29, 0.717) is 11.7 Å². The van der Waals surface area contributed by atoms with Gasteiger partial charge in [0.15, 0.2) is 5.76 Å². The highest BCUT2D eigenvalue weighted by molar-refractivity contribution is 5.15. The second-order valence-electron chi connectivity index (χ2n) is 4.31. The first-order valence-corrected chi connectivity index (χ1v) is 5.54. The summed E-state index contributed by atoms with van der Waals surface area (Å²) in [4.78, 5) is 11.5. The molecule has 2 heterocycles. The van der Waals surface area contributed by atoms with Crippen LogP contribution in [-0.2, 0) is 6.54 Å². The van der Waals surface area contributed by atoms with Crippen LogP contribution in [0.4, 0.5) is 4.39 Å². The van der Waals surface area contributed by atoms with Gasteiger partial charge in [-0.15, -0.1) is 0 Å². The first-order chi connectivity index (χ1) is 8.22. The van der Waals surface area contributed by atoms with E-state index in [1.165, 1.54) is 16.8 Å². The van der Waals surface area contributed by atoms with Gasteiger partial charge in [-0.2, -0.15) is 0 Å². The lowest BCUT2D eigenvalue weighted by Crippen LogP contribution is -2.19. The van der Waals surface area contributed by atoms with E-state index in [9.17, 15) is 9.18 Å². The van der Waals surface area contributed by atoms with Crippen molar-refractivity contribution in [2.75, 3.05) is 0 Å². The average Bonchev–Trinajstić information content (AvgIpc) is 3.05. The second-order valence-corrected chi connectivity index (χ2v) is 4.31. The zero-order valence-electron chi connectivity index (χ0n) is 9.10. The topological polar surface area (TPSA) is 48.0 Å². The molecule has 1 aliphatic rings. The summed E-state index contributed by atoms with van der Waals surface area (Å²) in [5.74, 6) is 0.655. The number of halogens is 1. The van der Waals surface area contributed by atoms with Crippen LogP contribution in [0.3, 0.4) is 0 Å². The molecule has 88 valence electrons. The van der Waals surface area contributed by atoms with E-state index in [2.05, 4.69) is 5.16 Å². The summed E-state index contributed by atoms with van der Waals surface area (Å²) < 4.78 is 19.4. The van der Waals surface area contributed by atoms with Crippen molar-refractivity contribution < 1.29 is 8.91 Å². The molecule has 17 heavy (non-hydrogen) atoms. The molecule has 0 N–H and O–H groups in total. The minimum Gasteiger partial charge on any atom is -0.359 e. The third-order valence-corrected chi connectivity index (χ3v) is 2.85. The van der Waals surface area contributed by atoms with Crippen LogP contribution in [0.5, 0.6) is 0 Å². The van der Waals surface area contributed by atoms with Crippen molar-refractivity contribution in [1.82, 2.24) is 9.72 Å². The molecule has 4 nitrogen and oxygen atoms in total. The van der Waals surface area contributed by atoms with Gasteiger partial charge in [-0.3, -0.25) is 4.79 Å². The minimum atomic E-state index is -0.438. The van der Waals surface area contributed by atoms with Crippen molar-refractivity contribution >= 4 is 0 Å². The molecule has 0 atom stereocenters. The monoisotopic (exact) mass is 234 g/mol. The van der Waals surface area contributed by atoms with E-state index >= 15 is 0 Å². The Labute approximate surface area is 96.7 Å². The molecular formula is C12H11FN2O2. The Morgan fingerprint density at radius 1 is 1.47 bits per heavy atom. The van der Waals surface area contributed by atoms with Crippen LogP contribution in [0, 0.1) is 5.82 Å². The summed E-state index contributed by atoms with van der Waals surface area (Å²) in [6.07, 6.45) is 3.46. The number of hydrogen-bond donors (Lipinski definition) is 0. The number of hydrogen-bond acceptors (Lipinski definition) is 3. The molecule has 0 aliphatic heterocycles. The van der Waals surface area contributed by atoms with Gasteiger partial charge in [0.1, 0.15) is 5.82 Å². The lowest BCUT2D eigenvalue weighted by Gasteiger charge is -2.01. The van der Waals surface area contributed by atoms with Crippen molar-refractivity contribution in [3.05, 3.63) is 52.0 Å². The van der Waals surface area contributed by atoms with Gasteiger partial charge in [0.25, 0.3) is 5.56 Å². The fourth-order valence-electron chi connectivity index (χ4n) is 1.77. The zero-order valence-corrected chi connectivity index (χ0v) is 9.10. The summed E-state index contributed by atoms with van der Waals surface area (Å²) >= 11 is 0. The van der Waals surface area contributed by atoms with E-state index < -0.39 is 5.82 Å². The average molecular weight is 234 g/mol. The van der Waals surface area contributed by atoms with E-state index in [1.807, 2.05) is 6.07 Å². The number of pyridine rings is 1. The molecular weight excluding hydrogens is 223 g/mol. The third-order valence-electron chi connectivity index (χ3n) is 2.85. The first-order valence-electron chi connectivity index (χ1n) is 5.54. The van der Waals surface area contributed by atoms with Gasteiger partial charge < -0.3 is 9.09 Å². The fourth-order valence-corrected chi connectivity index (χ4v) is 1.77. The van der Waals surface area contributed by atoms with E-state index in [0.717, 1.165) is 24.6 Å². The van der Waals surface area contributed by atoms with Crippen LogP contribution in [0.25, 0.3) is 0 Å². The number of rotatable bonds is 3. The molecule has 0 bridgehead atoms. The van der Waals surface area contributed by atoms with Crippen molar-refractivity contribution in [1.29, 1.82) is 0 Å². The largest absolute Gasteiger partial charge is 0.359 e. The highest BCUT2D eigenvalue weighted by Gasteiger charge is 2.27. The van der Waals surface area contributed by atoms with Crippen LogP contribution in [0.1, 0.15) is 30.2 Å². The van der Waals surface area contributed by atoms with Crippen LogP contribution in [0.15, 0.2) is 33.7 Å². The Bertz CT molecular complexity index is 599. The van der Waals surface area contributed by atoms with E-state index in [1.54, 1.807) is 0 Å². The van der Waals surface area contributed by atoms with Crippen molar-refractivity contribution in [3.8, 4) is 0 Å². The van der Waals surface area contributed by atoms with Gasteiger partial charge >= 0.3 is 0 Å². The summed E-state index contributed by atoms with van der Waals surface area (Å²) in [5, 5.41) is 3.94. The van der Waals surface area contributed by atoms with Gasteiger partial charge in [-0.25, -0.2) is 4.39 Å². The van der Waals surface area contributed by atoms with Gasteiger partial charge in [0.05, 0.1) is 12.2 Å². The number of nitrogens with zero attached hydrogens (tertiary/aromatic N) is 2. The Kier molecular flexibility index (Phi) is 2.31. The molecule has 3 rings (SSSR count). The Morgan fingerprint density at radius 3 is 3.06 bits per heavy atom. The highest BCUT2D eigenvalue weighted by atomic mass is 19.1. The smallest absolute Gasteiger partial charge is 0.251 e. The molecule has 0 saturated heterocycles. The predicted octanol–water partition coefficient (Wildman–Crippen LogP) is 1.90. The molecule has 1 fully saturated rings. The van der Waals surface area contributed by atoms with Crippen LogP contribution < -0.4 is 5.56 Å². The highest BCUT2D eigenvalue weighted by Crippen LogP contribution is 2.39. The van der Waals surface area contributed by atoms with Crippen LogP contribution in [-0.4, -0.2) is 9.72 Å². The van der Waals surface area contributed by atoms with Gasteiger partial charge in [-0.05, 0) is 18.9 Å². The molecule has 0 unspecified atom stereocenters. The molecule has 5 heteroatoms. The van der Waals surface area contributed by atoms with Crippen molar-refractivity contribution in [2.24, 2.45) is 0 Å². The van der Waals surface area contributed by atoms with E-state index in [-0.39, 0.29) is 12.1 Å². The predicted molar refractivity (Wildman–Crippen MR) is 58.2 cm³/mol. The SMILES string of the molecule is O=c1ccc(F)cn1Cc1cc(C2CC2)no1. The molecule has 0 amide bonds. The van der Waals surface area contributed by atoms with Gasteiger partial charge in [0, 0.05) is 24.2 Å². The van der Waals surface area contributed by atoms with Crippen molar-refractivity contribution in [3.63, 3.8) is 0 Å². The molecule has 2 aromatic rings. The van der Waals surface area contributed by atoms with Crippen LogP contribution in [0.2, 0.25) is 0 Å². The molecule has 2 aromatic heterocycles. The number of aromatic nitrogens is 2. The lowest BCUT2D eigenvalue weighted by atomic mass is 10.3. The summed E-state index contributed by atoms with van der Waals surface area (Å²) in [5.41, 5.74) is 0.681. The molecule has 0 spiro atoms. The Balaban J connectivity index is 1.85. The summed E-state index contributed by atoms with van der Waals surface area (Å²) in [6.45, 7) is 0.219. The van der Waals surface area contributed by atoms with E-state index in [4.69, 9.17) is 4.52 Å². The third kappa shape index (κ3) is 2.13. The molecule has 1 aliphatic carbocycles. The Hall–Kier alpha value is -1.91. The first kappa shape index (κ1) is 10.3. The standard InChI is InChI=1S/C12H11FN2O2/c13-9-3-4-12(16)15(6-9)7-10-5-11(14-17-10)8-1-2-8/h3-6,8H,1-2,7H2. The van der Waals surface area contributed by atoms with Crippen LogP contribution >= 0.6 is 0 Å². The second kappa shape index (κ2) is 3.84. The maximum absolute atomic E-state index is 13.0. The van der Waals surface area contributed by atoms with Gasteiger partial charge in [-0.1, -0.05) is 5.16 Å². The maximum Gasteiger partial charge on any atom is 0.251 e. The van der Waals surface area contributed by atoms with Gasteiger partial charge in [0.2, 0.25) is 0 Å². The Morgan fingerprint density at radius 2 is 2.29 bits per heavy atom. The molecule has 1 saturated carbocycles. The lowest BCUT2D eigenvalue weighted by molar-refractivity contribution is 0.368.